The zero-order valence-electron chi connectivity index (χ0n) is 15.4. The third kappa shape index (κ3) is 4.04. The molecule has 9 nitrogen and oxygen atoms in total. The number of H-pyrrole nitrogens is 1. The molecule has 2 heterocycles. The molecule has 9 heteroatoms. The number of hydrogen-bond acceptors (Lipinski definition) is 5. The van der Waals surface area contributed by atoms with Crippen molar-refractivity contribution in [2.75, 3.05) is 12.3 Å². The fourth-order valence-electron chi connectivity index (χ4n) is 3.01. The van der Waals surface area contributed by atoms with E-state index in [-0.39, 0.29) is 23.5 Å². The molecular weight excluding hydrogens is 334 g/mol. The molecule has 140 valence electrons. The zero-order valence-corrected chi connectivity index (χ0v) is 15.4. The molecular formula is C17H25N7O2. The third-order valence-corrected chi connectivity index (χ3v) is 4.68. The molecule has 2 aromatic heterocycles. The van der Waals surface area contributed by atoms with Crippen molar-refractivity contribution < 1.29 is 4.79 Å². The maximum Gasteiger partial charge on any atom is 0.317 e. The first-order valence-corrected chi connectivity index (χ1v) is 8.74. The number of anilines is 1. The van der Waals surface area contributed by atoms with Crippen LogP contribution in [-0.4, -0.2) is 43.3 Å². The van der Waals surface area contributed by atoms with E-state index in [0.717, 1.165) is 29.8 Å². The summed E-state index contributed by atoms with van der Waals surface area (Å²) in [6.07, 6.45) is 2.46. The van der Waals surface area contributed by atoms with Gasteiger partial charge in [0.15, 0.2) is 0 Å². The van der Waals surface area contributed by atoms with Crippen LogP contribution in [0.25, 0.3) is 0 Å². The largest absolute Gasteiger partial charge is 0.383 e. The summed E-state index contributed by atoms with van der Waals surface area (Å²) < 4.78 is 1.84. The van der Waals surface area contributed by atoms with Crippen molar-refractivity contribution in [3.8, 4) is 0 Å². The van der Waals surface area contributed by atoms with Crippen molar-refractivity contribution in [3.05, 3.63) is 39.2 Å². The van der Waals surface area contributed by atoms with Gasteiger partial charge in [0.1, 0.15) is 11.6 Å². The summed E-state index contributed by atoms with van der Waals surface area (Å²) in [5.41, 5.74) is 8.39. The first-order chi connectivity index (χ1) is 12.3. The average Bonchev–Trinajstić information content (AvgIpc) is 3.35. The summed E-state index contributed by atoms with van der Waals surface area (Å²) in [7, 11) is 1.91. The second kappa shape index (κ2) is 7.19. The van der Waals surface area contributed by atoms with Gasteiger partial charge in [0, 0.05) is 43.4 Å². The Hall–Kier alpha value is -2.84. The van der Waals surface area contributed by atoms with Crippen LogP contribution < -0.4 is 16.6 Å². The molecule has 0 aromatic carbocycles. The summed E-state index contributed by atoms with van der Waals surface area (Å²) in [4.78, 5) is 32.6. The predicted octanol–water partition coefficient (Wildman–Crippen LogP) is 0.619. The number of nitrogens with zero attached hydrogens (tertiary/aromatic N) is 4. The summed E-state index contributed by atoms with van der Waals surface area (Å²) in [5.74, 6) is 0.643. The van der Waals surface area contributed by atoms with Crippen LogP contribution in [-0.2, 0) is 20.0 Å². The first-order valence-electron chi connectivity index (χ1n) is 8.74. The number of hydrogen-bond donors (Lipinski definition) is 3. The van der Waals surface area contributed by atoms with E-state index in [4.69, 9.17) is 5.73 Å². The molecule has 4 N–H and O–H groups in total. The maximum absolute atomic E-state index is 12.7. The molecule has 1 aliphatic carbocycles. The van der Waals surface area contributed by atoms with Crippen LogP contribution in [0.4, 0.5) is 10.6 Å². The highest BCUT2D eigenvalue weighted by Crippen LogP contribution is 2.29. The molecule has 1 aliphatic rings. The Morgan fingerprint density at radius 2 is 2.19 bits per heavy atom. The van der Waals surface area contributed by atoms with Crippen LogP contribution >= 0.6 is 0 Å². The first kappa shape index (κ1) is 18.0. The average molecular weight is 359 g/mol. The Morgan fingerprint density at radius 3 is 2.77 bits per heavy atom. The third-order valence-electron chi connectivity index (χ3n) is 4.68. The van der Waals surface area contributed by atoms with E-state index >= 15 is 0 Å². The quantitative estimate of drug-likeness (QED) is 0.698. The highest BCUT2D eigenvalue weighted by molar-refractivity contribution is 5.75. The number of nitrogen functional groups attached to an aromatic ring is 1. The Bertz CT molecular complexity index is 866. The van der Waals surface area contributed by atoms with E-state index in [2.05, 4.69) is 20.4 Å². The van der Waals surface area contributed by atoms with Gasteiger partial charge >= 0.3 is 6.03 Å². The van der Waals surface area contributed by atoms with Gasteiger partial charge in [0.2, 0.25) is 0 Å². The van der Waals surface area contributed by atoms with Crippen molar-refractivity contribution in [2.24, 2.45) is 7.05 Å². The van der Waals surface area contributed by atoms with E-state index in [0.29, 0.717) is 25.3 Å². The van der Waals surface area contributed by atoms with Gasteiger partial charge < -0.3 is 20.9 Å². The van der Waals surface area contributed by atoms with Crippen molar-refractivity contribution in [3.63, 3.8) is 0 Å². The van der Waals surface area contributed by atoms with Crippen LogP contribution in [0, 0.1) is 13.8 Å². The Morgan fingerprint density at radius 1 is 1.46 bits per heavy atom. The lowest BCUT2D eigenvalue weighted by Crippen LogP contribution is -2.42. The summed E-state index contributed by atoms with van der Waals surface area (Å²) >= 11 is 0. The number of aryl methyl sites for hydroxylation is 2. The van der Waals surface area contributed by atoms with Gasteiger partial charge in [-0.3, -0.25) is 9.48 Å². The molecule has 1 saturated carbocycles. The SMILES string of the molecule is Cc1nn(C)c(C)c1CN(C(=O)NCCc1nc(N)cc(=O)[nH]1)C1CC1. The lowest BCUT2D eigenvalue weighted by molar-refractivity contribution is 0.192. The summed E-state index contributed by atoms with van der Waals surface area (Å²) in [5, 5.41) is 7.34. The highest BCUT2D eigenvalue weighted by atomic mass is 16.2. The van der Waals surface area contributed by atoms with Gasteiger partial charge in [0.05, 0.1) is 12.2 Å². The normalized spacial score (nSPS) is 13.7. The fourth-order valence-corrected chi connectivity index (χ4v) is 3.01. The maximum atomic E-state index is 12.7. The molecule has 3 rings (SSSR count). The predicted molar refractivity (Wildman–Crippen MR) is 97.6 cm³/mol. The highest BCUT2D eigenvalue weighted by Gasteiger charge is 2.33. The summed E-state index contributed by atoms with van der Waals surface area (Å²) in [6, 6.07) is 1.40. The number of urea groups is 1. The molecule has 0 radical (unpaired) electrons. The molecule has 0 aliphatic heterocycles. The number of carbonyl (C=O) groups is 1. The molecule has 2 amide bonds. The van der Waals surface area contributed by atoms with Crippen molar-refractivity contribution in [1.82, 2.24) is 30.0 Å². The van der Waals surface area contributed by atoms with Gasteiger partial charge in [-0.2, -0.15) is 5.10 Å². The van der Waals surface area contributed by atoms with Crippen LogP contribution in [0.5, 0.6) is 0 Å². The van der Waals surface area contributed by atoms with Gasteiger partial charge in [-0.05, 0) is 26.7 Å². The van der Waals surface area contributed by atoms with Gasteiger partial charge in [-0.1, -0.05) is 0 Å². The van der Waals surface area contributed by atoms with Gasteiger partial charge in [-0.25, -0.2) is 9.78 Å². The lowest BCUT2D eigenvalue weighted by Gasteiger charge is -2.23. The molecule has 0 bridgehead atoms. The van der Waals surface area contributed by atoms with E-state index in [1.807, 2.05) is 30.5 Å². The monoisotopic (exact) mass is 359 g/mol. The second-order valence-electron chi connectivity index (χ2n) is 6.73. The number of amides is 2. The van der Waals surface area contributed by atoms with Crippen LogP contribution in [0.15, 0.2) is 10.9 Å². The van der Waals surface area contributed by atoms with Gasteiger partial charge in [-0.15, -0.1) is 0 Å². The van der Waals surface area contributed by atoms with Gasteiger partial charge in [0.25, 0.3) is 5.56 Å². The smallest absolute Gasteiger partial charge is 0.317 e. The van der Waals surface area contributed by atoms with E-state index in [1.165, 1.54) is 6.07 Å². The summed E-state index contributed by atoms with van der Waals surface area (Å²) in [6.45, 7) is 4.90. The number of aromatic nitrogens is 4. The minimum Gasteiger partial charge on any atom is -0.383 e. The Kier molecular flexibility index (Phi) is 4.97. The molecule has 0 atom stereocenters. The van der Waals surface area contributed by atoms with Crippen molar-refractivity contribution in [2.45, 2.75) is 45.7 Å². The lowest BCUT2D eigenvalue weighted by atomic mass is 10.2. The van der Waals surface area contributed by atoms with E-state index in [1.54, 1.807) is 0 Å². The zero-order chi connectivity index (χ0) is 18.8. The number of nitrogens with two attached hydrogens (primary N) is 1. The van der Waals surface area contributed by atoms with E-state index in [9.17, 15) is 9.59 Å². The second-order valence-corrected chi connectivity index (χ2v) is 6.73. The number of carbonyl (C=O) groups excluding carboxylic acids is 1. The van der Waals surface area contributed by atoms with Crippen molar-refractivity contribution >= 4 is 11.8 Å². The van der Waals surface area contributed by atoms with Crippen LogP contribution in [0.2, 0.25) is 0 Å². The van der Waals surface area contributed by atoms with Crippen LogP contribution in [0.1, 0.15) is 35.6 Å². The number of rotatable bonds is 6. The van der Waals surface area contributed by atoms with Crippen molar-refractivity contribution in [1.29, 1.82) is 0 Å². The topological polar surface area (TPSA) is 122 Å². The minimum atomic E-state index is -0.291. The van der Waals surface area contributed by atoms with Crippen LogP contribution in [0.3, 0.4) is 0 Å². The molecule has 1 fully saturated rings. The van der Waals surface area contributed by atoms with E-state index < -0.39 is 0 Å². The number of aromatic amines is 1. The Balaban J connectivity index is 1.61. The molecule has 26 heavy (non-hydrogen) atoms. The minimum absolute atomic E-state index is 0.110. The molecule has 0 spiro atoms. The fraction of sp³-hybridized carbons (Fsp3) is 0.529. The Labute approximate surface area is 151 Å². The molecule has 0 saturated heterocycles. The molecule has 2 aromatic rings. The standard InChI is InChI=1S/C17H25N7O2/c1-10-13(11(2)23(3)22-10)9-24(12-4-5-12)17(26)19-7-6-15-20-14(18)8-16(25)21-15/h8,12H,4-7,9H2,1-3H3,(H,19,26)(H3,18,20,21,25). The molecule has 0 unspecified atom stereocenters. The number of nitrogens with one attached hydrogen (secondary N) is 2.